The minimum atomic E-state index is -3.36. The van der Waals surface area contributed by atoms with Crippen molar-refractivity contribution in [3.63, 3.8) is 0 Å². The van der Waals surface area contributed by atoms with Crippen LogP contribution in [-0.2, 0) is 10.0 Å². The van der Waals surface area contributed by atoms with Gasteiger partial charge in [-0.05, 0) is 30.7 Å². The van der Waals surface area contributed by atoms with Gasteiger partial charge in [0.15, 0.2) is 0 Å². The van der Waals surface area contributed by atoms with Gasteiger partial charge in [-0.25, -0.2) is 8.42 Å². The summed E-state index contributed by atoms with van der Waals surface area (Å²) in [5.41, 5.74) is 0.470. The lowest BCUT2D eigenvalue weighted by Crippen LogP contribution is -2.17. The normalized spacial score (nSPS) is 11.3. The smallest absolute Gasteiger partial charge is 0.232 e. The molecule has 6 heteroatoms. The van der Waals surface area contributed by atoms with Crippen LogP contribution in [0.3, 0.4) is 0 Å². The Morgan fingerprint density at radius 1 is 1.27 bits per heavy atom. The van der Waals surface area contributed by atoms with Crippen LogP contribution < -0.4 is 4.72 Å². The highest BCUT2D eigenvalue weighted by atomic mass is 35.5. The van der Waals surface area contributed by atoms with Crippen molar-refractivity contribution in [2.45, 2.75) is 6.42 Å². The van der Waals surface area contributed by atoms with E-state index < -0.39 is 10.0 Å². The van der Waals surface area contributed by atoms with Crippen LogP contribution >= 0.6 is 11.6 Å². The number of nitrogens with one attached hydrogen (secondary N) is 1. The third kappa shape index (κ3) is 4.51. The SMILES string of the molecule is O=S(=O)(CCCO)Nc1ccc(Cl)cc1. The molecule has 0 saturated heterocycles. The van der Waals surface area contributed by atoms with Crippen LogP contribution in [0.25, 0.3) is 0 Å². The number of aliphatic hydroxyl groups is 1. The number of hydrogen-bond donors (Lipinski definition) is 2. The van der Waals surface area contributed by atoms with Gasteiger partial charge in [-0.2, -0.15) is 0 Å². The topological polar surface area (TPSA) is 66.4 Å². The summed E-state index contributed by atoms with van der Waals surface area (Å²) in [4.78, 5) is 0. The van der Waals surface area contributed by atoms with Gasteiger partial charge >= 0.3 is 0 Å². The van der Waals surface area contributed by atoms with Crippen molar-refractivity contribution in [2.75, 3.05) is 17.1 Å². The summed E-state index contributed by atoms with van der Waals surface area (Å²) in [7, 11) is -3.36. The third-order valence-electron chi connectivity index (χ3n) is 1.69. The quantitative estimate of drug-likeness (QED) is 0.830. The van der Waals surface area contributed by atoms with Crippen molar-refractivity contribution in [2.24, 2.45) is 0 Å². The summed E-state index contributed by atoms with van der Waals surface area (Å²) in [5.74, 6) is -0.0911. The van der Waals surface area contributed by atoms with Gasteiger partial charge in [0.2, 0.25) is 10.0 Å². The summed E-state index contributed by atoms with van der Waals surface area (Å²) in [5, 5.41) is 9.07. The van der Waals surface area contributed by atoms with Gasteiger partial charge in [-0.1, -0.05) is 11.6 Å². The molecule has 0 aliphatic rings. The maximum atomic E-state index is 11.4. The van der Waals surface area contributed by atoms with Crippen LogP contribution in [0.15, 0.2) is 24.3 Å². The van der Waals surface area contributed by atoms with E-state index in [1.165, 1.54) is 0 Å². The monoisotopic (exact) mass is 249 g/mol. The maximum absolute atomic E-state index is 11.4. The van der Waals surface area contributed by atoms with Gasteiger partial charge in [0, 0.05) is 17.3 Å². The number of halogens is 1. The van der Waals surface area contributed by atoms with Crippen molar-refractivity contribution >= 4 is 27.3 Å². The molecule has 2 N–H and O–H groups in total. The Hall–Kier alpha value is -0.780. The Morgan fingerprint density at radius 2 is 1.87 bits per heavy atom. The highest BCUT2D eigenvalue weighted by molar-refractivity contribution is 7.92. The highest BCUT2D eigenvalue weighted by Crippen LogP contribution is 2.14. The Labute approximate surface area is 93.9 Å². The lowest BCUT2D eigenvalue weighted by Gasteiger charge is -2.06. The Kier molecular flexibility index (Phi) is 4.38. The molecule has 0 aromatic heterocycles. The lowest BCUT2D eigenvalue weighted by atomic mass is 10.3. The molecule has 15 heavy (non-hydrogen) atoms. The van der Waals surface area contributed by atoms with E-state index in [4.69, 9.17) is 16.7 Å². The van der Waals surface area contributed by atoms with E-state index in [1.54, 1.807) is 24.3 Å². The molecule has 0 saturated carbocycles. The molecule has 0 aliphatic heterocycles. The molecule has 0 atom stereocenters. The van der Waals surface area contributed by atoms with Crippen LogP contribution in [-0.4, -0.2) is 25.9 Å². The van der Waals surface area contributed by atoms with E-state index in [1.807, 2.05) is 0 Å². The van der Waals surface area contributed by atoms with E-state index in [2.05, 4.69) is 4.72 Å². The fourth-order valence-corrected chi connectivity index (χ4v) is 2.24. The molecule has 84 valence electrons. The average Bonchev–Trinajstić information content (AvgIpc) is 2.18. The van der Waals surface area contributed by atoms with E-state index in [0.29, 0.717) is 10.7 Å². The van der Waals surface area contributed by atoms with Crippen LogP contribution in [0, 0.1) is 0 Å². The van der Waals surface area contributed by atoms with Crippen LogP contribution in [0.1, 0.15) is 6.42 Å². The zero-order chi connectivity index (χ0) is 11.3. The Morgan fingerprint density at radius 3 is 2.40 bits per heavy atom. The first-order chi connectivity index (χ1) is 7.03. The molecular formula is C9H12ClNO3S. The van der Waals surface area contributed by atoms with Gasteiger partial charge < -0.3 is 5.11 Å². The predicted octanol–water partition coefficient (Wildman–Crippen LogP) is 1.46. The van der Waals surface area contributed by atoms with Gasteiger partial charge in [0.25, 0.3) is 0 Å². The molecule has 0 heterocycles. The molecule has 1 aromatic carbocycles. The first-order valence-electron chi connectivity index (χ1n) is 4.40. The summed E-state index contributed by atoms with van der Waals surface area (Å²) >= 11 is 5.66. The van der Waals surface area contributed by atoms with Crippen molar-refractivity contribution in [1.82, 2.24) is 0 Å². The van der Waals surface area contributed by atoms with Crippen LogP contribution in [0.4, 0.5) is 5.69 Å². The standard InChI is InChI=1S/C9H12ClNO3S/c10-8-2-4-9(5-3-8)11-15(13,14)7-1-6-12/h2-5,11-12H,1,6-7H2. The third-order valence-corrected chi connectivity index (χ3v) is 3.31. The molecule has 0 aliphatic carbocycles. The van der Waals surface area contributed by atoms with E-state index in [-0.39, 0.29) is 18.8 Å². The fourth-order valence-electron chi connectivity index (χ4n) is 1.00. The molecule has 4 nitrogen and oxygen atoms in total. The average molecular weight is 250 g/mol. The molecule has 0 radical (unpaired) electrons. The highest BCUT2D eigenvalue weighted by Gasteiger charge is 2.09. The van der Waals surface area contributed by atoms with Crippen molar-refractivity contribution in [3.8, 4) is 0 Å². The van der Waals surface area contributed by atoms with Crippen molar-refractivity contribution in [1.29, 1.82) is 0 Å². The summed E-state index contributed by atoms with van der Waals surface area (Å²) in [6.07, 6.45) is 0.225. The first kappa shape index (κ1) is 12.3. The molecular weight excluding hydrogens is 238 g/mol. The van der Waals surface area contributed by atoms with Crippen molar-refractivity contribution in [3.05, 3.63) is 29.3 Å². The Balaban J connectivity index is 2.65. The molecule has 0 unspecified atom stereocenters. The Bertz CT molecular complexity index is 402. The van der Waals surface area contributed by atoms with E-state index in [9.17, 15) is 8.42 Å². The minimum absolute atomic E-state index is 0.0911. The number of aliphatic hydroxyl groups excluding tert-OH is 1. The lowest BCUT2D eigenvalue weighted by molar-refractivity contribution is 0.295. The summed E-state index contributed by atoms with van der Waals surface area (Å²) in [6.45, 7) is -0.137. The molecule has 0 amide bonds. The fraction of sp³-hybridized carbons (Fsp3) is 0.333. The number of sulfonamides is 1. The van der Waals surface area contributed by atoms with Crippen LogP contribution in [0.2, 0.25) is 5.02 Å². The summed E-state index contributed by atoms with van der Waals surface area (Å²) < 4.78 is 25.2. The van der Waals surface area contributed by atoms with E-state index in [0.717, 1.165) is 0 Å². The second-order valence-corrected chi connectivity index (χ2v) is 5.28. The van der Waals surface area contributed by atoms with Gasteiger partial charge in [-0.3, -0.25) is 4.72 Å². The van der Waals surface area contributed by atoms with Crippen molar-refractivity contribution < 1.29 is 13.5 Å². The molecule has 0 bridgehead atoms. The maximum Gasteiger partial charge on any atom is 0.232 e. The first-order valence-corrected chi connectivity index (χ1v) is 6.43. The molecule has 1 aromatic rings. The number of hydrogen-bond acceptors (Lipinski definition) is 3. The van der Waals surface area contributed by atoms with E-state index >= 15 is 0 Å². The van der Waals surface area contributed by atoms with Gasteiger partial charge in [-0.15, -0.1) is 0 Å². The molecule has 0 spiro atoms. The largest absolute Gasteiger partial charge is 0.396 e. The van der Waals surface area contributed by atoms with Crippen LogP contribution in [0.5, 0.6) is 0 Å². The second kappa shape index (κ2) is 5.34. The number of rotatable bonds is 5. The minimum Gasteiger partial charge on any atom is -0.396 e. The van der Waals surface area contributed by atoms with Gasteiger partial charge in [0.05, 0.1) is 5.75 Å². The zero-order valence-corrected chi connectivity index (χ0v) is 9.55. The van der Waals surface area contributed by atoms with Gasteiger partial charge in [0.1, 0.15) is 0 Å². The second-order valence-electron chi connectivity index (χ2n) is 3.00. The molecule has 0 fully saturated rings. The predicted molar refractivity (Wildman–Crippen MR) is 60.6 cm³/mol. The summed E-state index contributed by atoms with van der Waals surface area (Å²) in [6, 6.07) is 6.37. The molecule has 1 rings (SSSR count). The zero-order valence-electron chi connectivity index (χ0n) is 7.98. The number of benzene rings is 1. The number of anilines is 1.